The molecule has 0 atom stereocenters. The van der Waals surface area contributed by atoms with E-state index in [2.05, 4.69) is 60.8 Å². The van der Waals surface area contributed by atoms with E-state index >= 15 is 0 Å². The van der Waals surface area contributed by atoms with Crippen LogP contribution in [0.25, 0.3) is 0 Å². The number of hydrogen-bond donors (Lipinski definition) is 1. The molecule has 0 aliphatic heterocycles. The molecule has 0 aromatic heterocycles. The van der Waals surface area contributed by atoms with Gasteiger partial charge in [0.1, 0.15) is 6.54 Å². The van der Waals surface area contributed by atoms with Gasteiger partial charge in [0.05, 0.1) is 6.54 Å². The summed E-state index contributed by atoms with van der Waals surface area (Å²) in [4.78, 5) is 0. The minimum Gasteiger partial charge on any atom is -0.748 e. The molecule has 0 spiro atoms. The Morgan fingerprint density at radius 2 is 1.43 bits per heavy atom. The maximum Gasteiger partial charge on any atom is 0.101 e. The van der Waals surface area contributed by atoms with Crippen LogP contribution in [-0.4, -0.2) is 0 Å². The van der Waals surface area contributed by atoms with Gasteiger partial charge in [0.2, 0.25) is 0 Å². The molecule has 0 saturated carbocycles. The molecule has 0 aliphatic rings. The number of quaternary nitrogens is 1. The fraction of sp³-hybridized carbons (Fsp3) is 0.158. The average Bonchev–Trinajstić information content (AvgIpc) is 3.16. The van der Waals surface area contributed by atoms with Crippen molar-refractivity contribution in [3.05, 3.63) is 95.6 Å². The Labute approximate surface area is 138 Å². The number of benzene rings is 1. The predicted molar refractivity (Wildman–Crippen MR) is 84.6 cm³/mol. The summed E-state index contributed by atoms with van der Waals surface area (Å²) in [6.07, 6.45) is 0. The Hall–Kier alpha value is -1.60. The van der Waals surface area contributed by atoms with Crippen molar-refractivity contribution in [2.75, 3.05) is 0 Å². The Balaban J connectivity index is 0.000000313. The van der Waals surface area contributed by atoms with Crippen molar-refractivity contribution in [2.24, 2.45) is 0 Å². The number of rotatable bonds is 4. The van der Waals surface area contributed by atoms with Gasteiger partial charge in [-0.15, -0.1) is 5.56 Å². The summed E-state index contributed by atoms with van der Waals surface area (Å²) >= 11 is 0. The maximum atomic E-state index is 2.33. The standard InChI is InChI=1S/C14H16N.C5H5.Fe/c1-12-6-8-14(9-7-12)11-15-10-13-4-2-3-5-13;1-2-4-5-3-1;/h2-9,15H,10-11H2,1H3;1-5H;/q-1;-5;/p+1. The topological polar surface area (TPSA) is 16.6 Å². The molecule has 0 unspecified atom stereocenters. The molecule has 116 valence electrons. The van der Waals surface area contributed by atoms with Gasteiger partial charge in [0.15, 0.2) is 0 Å². The van der Waals surface area contributed by atoms with Crippen LogP contribution < -0.4 is 5.32 Å². The van der Waals surface area contributed by atoms with Gasteiger partial charge in [-0.1, -0.05) is 29.8 Å². The Bertz CT molecular complexity index is 533. The quantitative estimate of drug-likeness (QED) is 0.561. The maximum absolute atomic E-state index is 2.33. The minimum atomic E-state index is 0. The second-order valence-corrected chi connectivity index (χ2v) is 4.94. The van der Waals surface area contributed by atoms with Crippen LogP contribution in [0.3, 0.4) is 0 Å². The van der Waals surface area contributed by atoms with Crippen LogP contribution >= 0.6 is 0 Å². The molecule has 0 fully saturated rings. The van der Waals surface area contributed by atoms with E-state index in [1.807, 2.05) is 30.3 Å². The van der Waals surface area contributed by atoms with Crippen LogP contribution in [0.4, 0.5) is 0 Å². The number of aryl methyl sites for hydroxylation is 1. The number of hydrogen-bond acceptors (Lipinski definition) is 0. The Morgan fingerprint density at radius 1 is 0.905 bits per heavy atom. The molecule has 0 aliphatic carbocycles. The molecular formula is C19H22FeN-5. The van der Waals surface area contributed by atoms with Crippen LogP contribution in [0.2, 0.25) is 0 Å². The normalized spacial score (nSPS) is 9.38. The van der Waals surface area contributed by atoms with E-state index in [1.54, 1.807) is 0 Å². The molecule has 3 aromatic rings. The largest absolute Gasteiger partial charge is 0.748 e. The molecule has 0 radical (unpaired) electrons. The molecule has 0 bridgehead atoms. The first-order valence-electron chi connectivity index (χ1n) is 7.09. The van der Waals surface area contributed by atoms with Gasteiger partial charge in [-0.2, -0.15) is 12.1 Å². The van der Waals surface area contributed by atoms with Crippen LogP contribution in [0.5, 0.6) is 0 Å². The summed E-state index contributed by atoms with van der Waals surface area (Å²) in [5, 5.41) is 2.33. The Morgan fingerprint density at radius 3 is 1.95 bits per heavy atom. The van der Waals surface area contributed by atoms with Gasteiger partial charge in [-0.25, -0.2) is 12.1 Å². The predicted octanol–water partition coefficient (Wildman–Crippen LogP) is 3.38. The summed E-state index contributed by atoms with van der Waals surface area (Å²) in [7, 11) is 0. The molecular weight excluding hydrogens is 298 g/mol. The van der Waals surface area contributed by atoms with Gasteiger partial charge in [0, 0.05) is 22.6 Å². The molecule has 3 rings (SSSR count). The third-order valence-electron chi connectivity index (χ3n) is 3.17. The van der Waals surface area contributed by atoms with E-state index in [0.29, 0.717) is 0 Å². The third kappa shape index (κ3) is 7.10. The van der Waals surface area contributed by atoms with Crippen molar-refractivity contribution in [1.82, 2.24) is 0 Å². The molecule has 3 aromatic carbocycles. The van der Waals surface area contributed by atoms with Crippen LogP contribution in [0.15, 0.2) is 78.9 Å². The summed E-state index contributed by atoms with van der Waals surface area (Å²) in [5.41, 5.74) is 4.13. The van der Waals surface area contributed by atoms with E-state index < -0.39 is 0 Å². The zero-order valence-electron chi connectivity index (χ0n) is 12.4. The molecule has 1 nitrogen and oxygen atoms in total. The molecule has 21 heavy (non-hydrogen) atoms. The van der Waals surface area contributed by atoms with Crippen LogP contribution in [0, 0.1) is 6.92 Å². The minimum absolute atomic E-state index is 0. The van der Waals surface area contributed by atoms with E-state index in [1.165, 1.54) is 16.7 Å². The molecule has 0 heterocycles. The SMILES string of the molecule is Cc1ccc(C[NH2+]C[c-]2cccc2)cc1.[Fe].[cH-]1[cH-][cH-][cH-][cH-]1. The molecule has 0 amide bonds. The fourth-order valence-electron chi connectivity index (χ4n) is 2.00. The zero-order valence-corrected chi connectivity index (χ0v) is 13.5. The smallest absolute Gasteiger partial charge is 0.101 e. The summed E-state index contributed by atoms with van der Waals surface area (Å²) < 4.78 is 0. The second-order valence-electron chi connectivity index (χ2n) is 4.94. The first-order chi connectivity index (χ1) is 9.84. The van der Waals surface area contributed by atoms with E-state index in [4.69, 9.17) is 0 Å². The molecule has 2 heteroatoms. The van der Waals surface area contributed by atoms with Crippen LogP contribution in [-0.2, 0) is 30.2 Å². The second kappa shape index (κ2) is 10.2. The molecule has 2 N–H and O–H groups in total. The Kier molecular flexibility index (Phi) is 8.45. The van der Waals surface area contributed by atoms with E-state index in [9.17, 15) is 0 Å². The van der Waals surface area contributed by atoms with Crippen molar-refractivity contribution in [3.8, 4) is 0 Å². The fourth-order valence-corrected chi connectivity index (χ4v) is 2.00. The van der Waals surface area contributed by atoms with E-state index in [-0.39, 0.29) is 17.1 Å². The van der Waals surface area contributed by atoms with Gasteiger partial charge < -0.3 is 35.6 Å². The average molecular weight is 320 g/mol. The van der Waals surface area contributed by atoms with Crippen molar-refractivity contribution in [3.63, 3.8) is 0 Å². The van der Waals surface area contributed by atoms with Crippen LogP contribution in [0.1, 0.15) is 16.7 Å². The summed E-state index contributed by atoms with van der Waals surface area (Å²) in [5.74, 6) is 0. The van der Waals surface area contributed by atoms with Crippen molar-refractivity contribution in [1.29, 1.82) is 0 Å². The van der Waals surface area contributed by atoms with Gasteiger partial charge >= 0.3 is 0 Å². The first-order valence-corrected chi connectivity index (χ1v) is 7.09. The monoisotopic (exact) mass is 320 g/mol. The summed E-state index contributed by atoms with van der Waals surface area (Å²) in [6, 6.07) is 27.3. The van der Waals surface area contributed by atoms with E-state index in [0.717, 1.165) is 13.1 Å². The van der Waals surface area contributed by atoms with Gasteiger partial charge in [-0.05, 0) is 6.92 Å². The first kappa shape index (κ1) is 17.5. The third-order valence-corrected chi connectivity index (χ3v) is 3.17. The van der Waals surface area contributed by atoms with Crippen molar-refractivity contribution in [2.45, 2.75) is 20.0 Å². The zero-order chi connectivity index (χ0) is 14.0. The number of nitrogens with two attached hydrogens (primary N) is 1. The van der Waals surface area contributed by atoms with Crippen molar-refractivity contribution < 1.29 is 22.4 Å². The summed E-state index contributed by atoms with van der Waals surface area (Å²) in [6.45, 7) is 4.25. The van der Waals surface area contributed by atoms with Gasteiger partial charge in [-0.3, -0.25) is 0 Å². The van der Waals surface area contributed by atoms with Gasteiger partial charge in [0.25, 0.3) is 0 Å². The van der Waals surface area contributed by atoms with Crippen molar-refractivity contribution >= 4 is 0 Å². The molecule has 0 saturated heterocycles.